The molecule has 2 rings (SSSR count). The van der Waals surface area contributed by atoms with Crippen LogP contribution in [0.1, 0.15) is 51.3 Å². The van der Waals surface area contributed by atoms with Crippen molar-refractivity contribution in [3.05, 3.63) is 11.8 Å². The predicted octanol–water partition coefficient (Wildman–Crippen LogP) is 2.18. The third-order valence-electron chi connectivity index (χ3n) is 3.50. The summed E-state index contributed by atoms with van der Waals surface area (Å²) >= 11 is 0. The lowest BCUT2D eigenvalue weighted by molar-refractivity contribution is -0.157. The first-order valence-electron chi connectivity index (χ1n) is 7.48. The zero-order valence-electron chi connectivity index (χ0n) is 13.4. The minimum Gasteiger partial charge on any atom is -0.417 e. The Bertz CT molecular complexity index is 543. The van der Waals surface area contributed by atoms with Crippen molar-refractivity contribution in [1.82, 2.24) is 20.4 Å². The number of amides is 1. The summed E-state index contributed by atoms with van der Waals surface area (Å²) in [7, 11) is 0. The Kier molecular flexibility index (Phi) is 4.98. The van der Waals surface area contributed by atoms with Gasteiger partial charge in [0.2, 0.25) is 11.8 Å². The van der Waals surface area contributed by atoms with Crippen molar-refractivity contribution in [2.75, 3.05) is 19.6 Å². The largest absolute Gasteiger partial charge is 0.470 e. The number of alkyl halides is 3. The van der Waals surface area contributed by atoms with E-state index in [9.17, 15) is 18.0 Å². The normalized spacial score (nSPS) is 18.2. The molecule has 0 saturated carbocycles. The molecule has 1 saturated heterocycles. The van der Waals surface area contributed by atoms with E-state index in [0.29, 0.717) is 25.9 Å². The van der Waals surface area contributed by atoms with E-state index < -0.39 is 12.1 Å². The van der Waals surface area contributed by atoms with E-state index in [-0.39, 0.29) is 29.8 Å². The van der Waals surface area contributed by atoms with Gasteiger partial charge in [-0.2, -0.15) is 13.2 Å². The fourth-order valence-corrected chi connectivity index (χ4v) is 2.51. The Morgan fingerprint density at radius 3 is 2.35 bits per heavy atom. The number of carbonyl (C=O) groups excluding carboxylic acids is 1. The van der Waals surface area contributed by atoms with Crippen LogP contribution in [0.25, 0.3) is 0 Å². The van der Waals surface area contributed by atoms with E-state index in [0.717, 1.165) is 0 Å². The van der Waals surface area contributed by atoms with Crippen LogP contribution in [0.4, 0.5) is 13.2 Å². The van der Waals surface area contributed by atoms with E-state index in [2.05, 4.69) is 15.5 Å². The second kappa shape index (κ2) is 6.46. The first-order chi connectivity index (χ1) is 10.5. The molecule has 6 nitrogen and oxygen atoms in total. The van der Waals surface area contributed by atoms with Gasteiger partial charge in [0.05, 0.1) is 6.54 Å². The van der Waals surface area contributed by atoms with E-state index in [1.807, 2.05) is 25.7 Å². The van der Waals surface area contributed by atoms with Crippen molar-refractivity contribution in [3.63, 3.8) is 0 Å². The molecule has 2 heterocycles. The van der Waals surface area contributed by atoms with Gasteiger partial charge < -0.3 is 9.73 Å². The molecule has 130 valence electrons. The topological polar surface area (TPSA) is 71.3 Å². The van der Waals surface area contributed by atoms with Crippen molar-refractivity contribution >= 4 is 5.91 Å². The molecule has 0 aliphatic carbocycles. The number of piperidine rings is 1. The van der Waals surface area contributed by atoms with Gasteiger partial charge in [0.15, 0.2) is 0 Å². The highest BCUT2D eigenvalue weighted by Gasteiger charge is 2.39. The molecule has 1 N–H and O–H groups in total. The maximum Gasteiger partial charge on any atom is 0.470 e. The minimum atomic E-state index is -4.61. The Labute approximate surface area is 132 Å². The second-order valence-electron chi connectivity index (χ2n) is 6.79. The monoisotopic (exact) mass is 334 g/mol. The van der Waals surface area contributed by atoms with Crippen LogP contribution in [0.15, 0.2) is 4.42 Å². The highest BCUT2D eigenvalue weighted by atomic mass is 19.4. The van der Waals surface area contributed by atoms with Gasteiger partial charge in [-0.1, -0.05) is 0 Å². The lowest BCUT2D eigenvalue weighted by Crippen LogP contribution is -2.47. The quantitative estimate of drug-likeness (QED) is 0.917. The van der Waals surface area contributed by atoms with E-state index in [1.165, 1.54) is 0 Å². The molecule has 0 spiro atoms. The molecule has 0 bridgehead atoms. The fourth-order valence-electron chi connectivity index (χ4n) is 2.51. The summed E-state index contributed by atoms with van der Waals surface area (Å²) in [4.78, 5) is 13.8. The zero-order valence-corrected chi connectivity index (χ0v) is 13.4. The molecule has 9 heteroatoms. The average molecular weight is 334 g/mol. The third-order valence-corrected chi connectivity index (χ3v) is 3.50. The molecule has 1 fully saturated rings. The maximum absolute atomic E-state index is 12.5. The molecular weight excluding hydrogens is 313 g/mol. The highest BCUT2D eigenvalue weighted by molar-refractivity contribution is 5.78. The smallest absolute Gasteiger partial charge is 0.417 e. The molecule has 0 radical (unpaired) electrons. The molecule has 1 amide bonds. The molecule has 1 aliphatic rings. The van der Waals surface area contributed by atoms with Crippen LogP contribution in [0.2, 0.25) is 0 Å². The van der Waals surface area contributed by atoms with E-state index >= 15 is 0 Å². The lowest BCUT2D eigenvalue weighted by Gasteiger charge is -2.31. The molecule has 23 heavy (non-hydrogen) atoms. The first-order valence-corrected chi connectivity index (χ1v) is 7.48. The number of hydrogen-bond acceptors (Lipinski definition) is 5. The summed E-state index contributed by atoms with van der Waals surface area (Å²) < 4.78 is 42.1. The van der Waals surface area contributed by atoms with E-state index in [1.54, 1.807) is 0 Å². The Balaban J connectivity index is 1.84. The molecule has 1 aliphatic heterocycles. The number of nitrogens with zero attached hydrogens (tertiary/aromatic N) is 3. The summed E-state index contributed by atoms with van der Waals surface area (Å²) in [6.07, 6.45) is -3.44. The molecule has 1 aromatic heterocycles. The van der Waals surface area contributed by atoms with Crippen LogP contribution in [0, 0.1) is 0 Å². The standard InChI is InChI=1S/C14H21F3N4O2/c1-13(2,3)18-10(22)8-21-6-4-9(5-7-21)11-19-20-12(23-11)14(15,16)17/h9H,4-8H2,1-3H3,(H,18,22). The number of carbonyl (C=O) groups is 1. The van der Waals surface area contributed by atoms with Gasteiger partial charge in [-0.15, -0.1) is 10.2 Å². The summed E-state index contributed by atoms with van der Waals surface area (Å²) in [5.41, 5.74) is -0.285. The summed E-state index contributed by atoms with van der Waals surface area (Å²) in [6.45, 7) is 7.21. The zero-order chi connectivity index (χ0) is 17.3. The Hall–Kier alpha value is -1.64. The number of likely N-dealkylation sites (tertiary alicyclic amines) is 1. The summed E-state index contributed by atoms with van der Waals surface area (Å²) in [5, 5.41) is 9.44. The van der Waals surface area contributed by atoms with Crippen LogP contribution < -0.4 is 5.32 Å². The first kappa shape index (κ1) is 17.7. The number of aromatic nitrogens is 2. The van der Waals surface area contributed by atoms with Gasteiger partial charge in [-0.05, 0) is 46.7 Å². The number of nitrogens with one attached hydrogen (secondary N) is 1. The van der Waals surface area contributed by atoms with Crippen molar-refractivity contribution in [1.29, 1.82) is 0 Å². The average Bonchev–Trinajstić information content (AvgIpc) is 2.86. The maximum atomic E-state index is 12.5. The van der Waals surface area contributed by atoms with Gasteiger partial charge in [-0.25, -0.2) is 0 Å². The molecule has 0 atom stereocenters. The fraction of sp³-hybridized carbons (Fsp3) is 0.786. The minimum absolute atomic E-state index is 0.0242. The predicted molar refractivity (Wildman–Crippen MR) is 75.6 cm³/mol. The van der Waals surface area contributed by atoms with Crippen LogP contribution in [0.5, 0.6) is 0 Å². The number of hydrogen-bond donors (Lipinski definition) is 1. The van der Waals surface area contributed by atoms with Gasteiger partial charge >= 0.3 is 12.1 Å². The van der Waals surface area contributed by atoms with Crippen molar-refractivity contribution < 1.29 is 22.4 Å². The van der Waals surface area contributed by atoms with Gasteiger partial charge in [0, 0.05) is 11.5 Å². The third kappa shape index (κ3) is 5.19. The second-order valence-corrected chi connectivity index (χ2v) is 6.79. The molecule has 0 aromatic carbocycles. The van der Waals surface area contributed by atoms with Crippen molar-refractivity contribution in [2.45, 2.75) is 51.2 Å². The SMILES string of the molecule is CC(C)(C)NC(=O)CN1CCC(c2nnc(C(F)(F)F)o2)CC1. The molecule has 0 unspecified atom stereocenters. The lowest BCUT2D eigenvalue weighted by atomic mass is 9.97. The van der Waals surface area contributed by atoms with Gasteiger partial charge in [0.1, 0.15) is 0 Å². The number of rotatable bonds is 3. The van der Waals surface area contributed by atoms with Crippen LogP contribution >= 0.6 is 0 Å². The summed E-state index contributed by atoms with van der Waals surface area (Å²) in [5.74, 6) is -1.54. The van der Waals surface area contributed by atoms with E-state index in [4.69, 9.17) is 4.42 Å². The highest BCUT2D eigenvalue weighted by Crippen LogP contribution is 2.32. The number of halogens is 3. The van der Waals surface area contributed by atoms with Crippen LogP contribution in [0.3, 0.4) is 0 Å². The molecule has 1 aromatic rings. The van der Waals surface area contributed by atoms with Crippen LogP contribution in [-0.4, -0.2) is 46.2 Å². The van der Waals surface area contributed by atoms with Crippen molar-refractivity contribution in [2.24, 2.45) is 0 Å². The van der Waals surface area contributed by atoms with Crippen molar-refractivity contribution in [3.8, 4) is 0 Å². The van der Waals surface area contributed by atoms with Gasteiger partial charge in [0.25, 0.3) is 0 Å². The summed E-state index contributed by atoms with van der Waals surface area (Å²) in [6, 6.07) is 0. The Morgan fingerprint density at radius 2 is 1.87 bits per heavy atom. The van der Waals surface area contributed by atoms with Gasteiger partial charge in [-0.3, -0.25) is 9.69 Å². The Morgan fingerprint density at radius 1 is 1.26 bits per heavy atom. The molecular formula is C14H21F3N4O2. The van der Waals surface area contributed by atoms with Crippen LogP contribution in [-0.2, 0) is 11.0 Å².